The average molecular weight is 457 g/mol. The number of fused-ring (bicyclic) bond motifs is 1. The van der Waals surface area contributed by atoms with E-state index in [1.54, 1.807) is 18.3 Å². The summed E-state index contributed by atoms with van der Waals surface area (Å²) in [5.74, 6) is -0.290. The summed E-state index contributed by atoms with van der Waals surface area (Å²) in [5, 5.41) is 4.47. The van der Waals surface area contributed by atoms with Crippen molar-refractivity contribution in [2.75, 3.05) is 19.6 Å². The Morgan fingerprint density at radius 3 is 2.59 bits per heavy atom. The molecule has 5 rings (SSSR count). The van der Waals surface area contributed by atoms with Crippen LogP contribution in [0.15, 0.2) is 79.1 Å². The van der Waals surface area contributed by atoms with Crippen molar-refractivity contribution in [1.82, 2.24) is 20.2 Å². The van der Waals surface area contributed by atoms with Gasteiger partial charge in [-0.1, -0.05) is 36.4 Å². The molecule has 4 aromatic rings. The fourth-order valence-electron chi connectivity index (χ4n) is 4.83. The van der Waals surface area contributed by atoms with Crippen molar-refractivity contribution in [3.63, 3.8) is 0 Å². The van der Waals surface area contributed by atoms with Gasteiger partial charge in [-0.25, -0.2) is 4.39 Å². The molecule has 0 bridgehead atoms. The zero-order valence-corrected chi connectivity index (χ0v) is 19.1. The average Bonchev–Trinajstić information content (AvgIpc) is 3.30. The summed E-state index contributed by atoms with van der Waals surface area (Å²) >= 11 is 0. The molecule has 1 saturated heterocycles. The summed E-state index contributed by atoms with van der Waals surface area (Å²) in [4.78, 5) is 23.4. The molecule has 1 amide bonds. The van der Waals surface area contributed by atoms with E-state index in [1.807, 2.05) is 24.3 Å². The number of carbonyl (C=O) groups is 1. The van der Waals surface area contributed by atoms with Crippen LogP contribution in [-0.4, -0.2) is 40.4 Å². The quantitative estimate of drug-likeness (QED) is 0.417. The number of para-hydroxylation sites is 1. The van der Waals surface area contributed by atoms with Crippen molar-refractivity contribution in [3.05, 3.63) is 102 Å². The van der Waals surface area contributed by atoms with Gasteiger partial charge in [0.15, 0.2) is 0 Å². The van der Waals surface area contributed by atoms with E-state index in [1.165, 1.54) is 28.6 Å². The number of nitrogens with one attached hydrogen (secondary N) is 2. The van der Waals surface area contributed by atoms with Gasteiger partial charge in [-0.3, -0.25) is 9.78 Å². The molecule has 1 unspecified atom stereocenters. The third-order valence-electron chi connectivity index (χ3n) is 6.80. The molecule has 2 aromatic heterocycles. The van der Waals surface area contributed by atoms with E-state index in [0.29, 0.717) is 0 Å². The number of pyridine rings is 1. The highest BCUT2D eigenvalue weighted by Gasteiger charge is 2.28. The summed E-state index contributed by atoms with van der Waals surface area (Å²) < 4.78 is 13.5. The Balaban J connectivity index is 1.18. The number of carbonyl (C=O) groups excluding carboxylic acids is 1. The van der Waals surface area contributed by atoms with Gasteiger partial charge in [0.05, 0.1) is 11.7 Å². The summed E-state index contributed by atoms with van der Waals surface area (Å²) in [7, 11) is 0. The third-order valence-corrected chi connectivity index (χ3v) is 6.80. The standard InChI is InChI=1S/C28H29FN4O/c29-23-10-8-20(9-11-23)27(26-7-3-4-15-30-26)32-28(34)21-12-16-33(17-13-21)18-14-22-19-31-25-6-2-1-5-24(22)25/h1-11,15,19,21,27,31H,12-14,16-18H2,(H,32,34). The number of likely N-dealkylation sites (tertiary alicyclic amines) is 1. The number of amides is 1. The van der Waals surface area contributed by atoms with E-state index in [4.69, 9.17) is 0 Å². The Morgan fingerprint density at radius 2 is 1.82 bits per heavy atom. The second-order valence-corrected chi connectivity index (χ2v) is 8.97. The molecule has 174 valence electrons. The Kier molecular flexibility index (Phi) is 6.67. The van der Waals surface area contributed by atoms with Gasteiger partial charge in [-0.05, 0) is 73.8 Å². The van der Waals surface area contributed by atoms with Gasteiger partial charge >= 0.3 is 0 Å². The molecule has 2 N–H and O–H groups in total. The zero-order chi connectivity index (χ0) is 23.3. The summed E-state index contributed by atoms with van der Waals surface area (Å²) in [5.41, 5.74) is 4.09. The van der Waals surface area contributed by atoms with E-state index in [2.05, 4.69) is 44.6 Å². The van der Waals surface area contributed by atoms with Crippen molar-refractivity contribution in [3.8, 4) is 0 Å². The molecule has 1 fully saturated rings. The highest BCUT2D eigenvalue weighted by atomic mass is 19.1. The van der Waals surface area contributed by atoms with Crippen molar-refractivity contribution < 1.29 is 9.18 Å². The number of benzene rings is 2. The Hall–Kier alpha value is -3.51. The molecule has 0 saturated carbocycles. The van der Waals surface area contributed by atoms with Crippen LogP contribution in [0.2, 0.25) is 0 Å². The Morgan fingerprint density at radius 1 is 1.06 bits per heavy atom. The van der Waals surface area contributed by atoms with Crippen LogP contribution in [-0.2, 0) is 11.2 Å². The molecule has 1 aliphatic heterocycles. The maximum absolute atomic E-state index is 13.5. The molecule has 2 aromatic carbocycles. The number of aromatic nitrogens is 2. The number of H-pyrrole nitrogens is 1. The molecule has 1 aliphatic rings. The minimum absolute atomic E-state index is 0.0315. The lowest BCUT2D eigenvalue weighted by molar-refractivity contribution is -0.127. The lowest BCUT2D eigenvalue weighted by atomic mass is 9.94. The van der Waals surface area contributed by atoms with Gasteiger partial charge in [0, 0.05) is 35.8 Å². The number of aromatic amines is 1. The fraction of sp³-hybridized carbons (Fsp3) is 0.286. The second-order valence-electron chi connectivity index (χ2n) is 8.97. The first-order valence-corrected chi connectivity index (χ1v) is 11.9. The van der Waals surface area contributed by atoms with Crippen LogP contribution in [0.25, 0.3) is 10.9 Å². The van der Waals surface area contributed by atoms with Gasteiger partial charge in [0.1, 0.15) is 5.82 Å². The molecule has 1 atom stereocenters. The maximum atomic E-state index is 13.5. The van der Waals surface area contributed by atoms with Crippen molar-refractivity contribution in [1.29, 1.82) is 0 Å². The van der Waals surface area contributed by atoms with E-state index in [-0.39, 0.29) is 17.6 Å². The van der Waals surface area contributed by atoms with Crippen LogP contribution in [0.3, 0.4) is 0 Å². The Labute approximate surface area is 199 Å². The summed E-state index contributed by atoms with van der Waals surface area (Å²) in [6.07, 6.45) is 6.48. The van der Waals surface area contributed by atoms with Crippen LogP contribution in [0.5, 0.6) is 0 Å². The molecule has 6 heteroatoms. The minimum atomic E-state index is -0.394. The maximum Gasteiger partial charge on any atom is 0.224 e. The minimum Gasteiger partial charge on any atom is -0.361 e. The Bertz CT molecular complexity index is 1230. The van der Waals surface area contributed by atoms with Crippen LogP contribution in [0.4, 0.5) is 4.39 Å². The van der Waals surface area contributed by atoms with Gasteiger partial charge in [-0.2, -0.15) is 0 Å². The molecule has 0 spiro atoms. The predicted molar refractivity (Wildman–Crippen MR) is 132 cm³/mol. The van der Waals surface area contributed by atoms with Crippen molar-refractivity contribution >= 4 is 16.8 Å². The topological polar surface area (TPSA) is 61.0 Å². The molecule has 0 aliphatic carbocycles. The highest BCUT2D eigenvalue weighted by molar-refractivity contribution is 5.83. The molecular weight excluding hydrogens is 427 g/mol. The van der Waals surface area contributed by atoms with E-state index in [0.717, 1.165) is 50.2 Å². The van der Waals surface area contributed by atoms with Gasteiger partial charge in [0.25, 0.3) is 0 Å². The van der Waals surface area contributed by atoms with E-state index in [9.17, 15) is 9.18 Å². The monoisotopic (exact) mass is 456 g/mol. The van der Waals surface area contributed by atoms with Crippen LogP contribution in [0, 0.1) is 11.7 Å². The van der Waals surface area contributed by atoms with E-state index >= 15 is 0 Å². The number of halogens is 1. The lowest BCUT2D eigenvalue weighted by Crippen LogP contribution is -2.42. The van der Waals surface area contributed by atoms with Crippen LogP contribution < -0.4 is 5.32 Å². The number of hydrogen-bond acceptors (Lipinski definition) is 3. The molecule has 5 nitrogen and oxygen atoms in total. The van der Waals surface area contributed by atoms with Crippen molar-refractivity contribution in [2.45, 2.75) is 25.3 Å². The highest BCUT2D eigenvalue weighted by Crippen LogP contribution is 2.24. The number of piperidine rings is 1. The van der Waals surface area contributed by atoms with Crippen LogP contribution >= 0.6 is 0 Å². The summed E-state index contributed by atoms with van der Waals surface area (Å²) in [6, 6.07) is 19.9. The molecule has 0 radical (unpaired) electrons. The SMILES string of the molecule is O=C(NC(c1ccc(F)cc1)c1ccccn1)C1CCN(CCc2c[nH]c3ccccc23)CC1. The lowest BCUT2D eigenvalue weighted by Gasteiger charge is -2.32. The van der Waals surface area contributed by atoms with Gasteiger partial charge < -0.3 is 15.2 Å². The number of nitrogens with zero attached hydrogens (tertiary/aromatic N) is 2. The van der Waals surface area contributed by atoms with Crippen molar-refractivity contribution in [2.24, 2.45) is 5.92 Å². The largest absolute Gasteiger partial charge is 0.361 e. The van der Waals surface area contributed by atoms with Gasteiger partial charge in [-0.15, -0.1) is 0 Å². The van der Waals surface area contributed by atoms with Gasteiger partial charge in [0.2, 0.25) is 5.91 Å². The first kappa shape index (κ1) is 22.3. The van der Waals surface area contributed by atoms with Crippen LogP contribution in [0.1, 0.15) is 35.7 Å². The predicted octanol–water partition coefficient (Wildman–Crippen LogP) is 4.86. The summed E-state index contributed by atoms with van der Waals surface area (Å²) in [6.45, 7) is 2.80. The smallest absolute Gasteiger partial charge is 0.224 e. The molecular formula is C28H29FN4O. The molecule has 34 heavy (non-hydrogen) atoms. The third kappa shape index (κ3) is 5.02. The zero-order valence-electron chi connectivity index (χ0n) is 19.1. The number of hydrogen-bond donors (Lipinski definition) is 2. The number of rotatable bonds is 7. The first-order valence-electron chi connectivity index (χ1n) is 11.9. The first-order chi connectivity index (χ1) is 16.7. The van der Waals surface area contributed by atoms with E-state index < -0.39 is 6.04 Å². The fourth-order valence-corrected chi connectivity index (χ4v) is 4.83. The second kappa shape index (κ2) is 10.2. The molecule has 3 heterocycles. The normalized spacial score (nSPS) is 15.9.